The minimum atomic E-state index is -1.05. The van der Waals surface area contributed by atoms with E-state index in [4.69, 9.17) is 10.2 Å². The fourth-order valence-electron chi connectivity index (χ4n) is 1.87. The number of nitrogens with zero attached hydrogens (tertiary/aromatic N) is 1. The SMILES string of the molecule is CN(CCCCCO)Cc1cc(C(=O)O)ccc1F. The van der Waals surface area contributed by atoms with Crippen molar-refractivity contribution in [2.75, 3.05) is 20.2 Å². The van der Waals surface area contributed by atoms with E-state index in [1.807, 2.05) is 11.9 Å². The Hall–Kier alpha value is -1.46. The first-order valence-electron chi connectivity index (χ1n) is 6.35. The van der Waals surface area contributed by atoms with Gasteiger partial charge in [0.1, 0.15) is 5.82 Å². The molecule has 2 N–H and O–H groups in total. The van der Waals surface area contributed by atoms with E-state index in [-0.39, 0.29) is 18.0 Å². The first kappa shape index (κ1) is 15.6. The summed E-state index contributed by atoms with van der Waals surface area (Å²) in [5.74, 6) is -1.43. The second-order valence-electron chi connectivity index (χ2n) is 4.63. The van der Waals surface area contributed by atoms with Gasteiger partial charge in [-0.1, -0.05) is 0 Å². The Bertz CT molecular complexity index is 423. The van der Waals surface area contributed by atoms with Crippen LogP contribution in [0.1, 0.15) is 35.2 Å². The maximum absolute atomic E-state index is 13.6. The summed E-state index contributed by atoms with van der Waals surface area (Å²) in [6.45, 7) is 1.36. The number of halogens is 1. The standard InChI is InChI=1S/C14H20FNO3/c1-16(7-3-2-4-8-17)10-12-9-11(14(18)19)5-6-13(12)15/h5-6,9,17H,2-4,7-8,10H2,1H3,(H,18,19). The van der Waals surface area contributed by atoms with Crippen LogP contribution in [0.4, 0.5) is 4.39 Å². The molecule has 0 amide bonds. The van der Waals surface area contributed by atoms with Crippen molar-refractivity contribution in [2.24, 2.45) is 0 Å². The summed E-state index contributed by atoms with van der Waals surface area (Å²) < 4.78 is 13.6. The number of unbranched alkanes of at least 4 members (excludes halogenated alkanes) is 2. The number of benzene rings is 1. The number of hydrogen-bond donors (Lipinski definition) is 2. The number of hydrogen-bond acceptors (Lipinski definition) is 3. The first-order valence-corrected chi connectivity index (χ1v) is 6.35. The number of aromatic carboxylic acids is 1. The molecule has 1 aromatic carbocycles. The van der Waals surface area contributed by atoms with Crippen molar-refractivity contribution >= 4 is 5.97 Å². The van der Waals surface area contributed by atoms with Crippen molar-refractivity contribution in [3.63, 3.8) is 0 Å². The Morgan fingerprint density at radius 1 is 1.32 bits per heavy atom. The molecule has 1 rings (SSSR count). The van der Waals surface area contributed by atoms with Gasteiger partial charge in [-0.05, 0) is 51.1 Å². The van der Waals surface area contributed by atoms with Crippen LogP contribution in [-0.2, 0) is 6.54 Å². The Balaban J connectivity index is 2.55. The van der Waals surface area contributed by atoms with Crippen molar-refractivity contribution in [1.82, 2.24) is 4.90 Å². The van der Waals surface area contributed by atoms with Crippen molar-refractivity contribution < 1.29 is 19.4 Å². The van der Waals surface area contributed by atoms with E-state index < -0.39 is 5.97 Å². The summed E-state index contributed by atoms with van der Waals surface area (Å²) in [5, 5.41) is 17.5. The van der Waals surface area contributed by atoms with E-state index in [0.29, 0.717) is 12.1 Å². The summed E-state index contributed by atoms with van der Waals surface area (Å²) in [7, 11) is 1.87. The molecule has 0 aliphatic heterocycles. The fraction of sp³-hybridized carbons (Fsp3) is 0.500. The molecule has 0 spiro atoms. The van der Waals surface area contributed by atoms with E-state index in [2.05, 4.69) is 0 Å². The lowest BCUT2D eigenvalue weighted by atomic mass is 10.1. The predicted molar refractivity (Wildman–Crippen MR) is 70.6 cm³/mol. The monoisotopic (exact) mass is 269 g/mol. The van der Waals surface area contributed by atoms with E-state index in [0.717, 1.165) is 25.8 Å². The average Bonchev–Trinajstić information content (AvgIpc) is 2.37. The van der Waals surface area contributed by atoms with Crippen LogP contribution in [0.25, 0.3) is 0 Å². The highest BCUT2D eigenvalue weighted by Gasteiger charge is 2.10. The Morgan fingerprint density at radius 3 is 2.68 bits per heavy atom. The minimum Gasteiger partial charge on any atom is -0.478 e. The van der Waals surface area contributed by atoms with Crippen LogP contribution in [-0.4, -0.2) is 41.3 Å². The molecule has 19 heavy (non-hydrogen) atoms. The zero-order valence-corrected chi connectivity index (χ0v) is 11.1. The van der Waals surface area contributed by atoms with Gasteiger partial charge in [-0.15, -0.1) is 0 Å². The molecule has 0 aromatic heterocycles. The molecular formula is C14H20FNO3. The summed E-state index contributed by atoms with van der Waals surface area (Å²) in [5.41, 5.74) is 0.495. The van der Waals surface area contributed by atoms with Gasteiger partial charge in [-0.2, -0.15) is 0 Å². The molecule has 0 aliphatic rings. The highest BCUT2D eigenvalue weighted by atomic mass is 19.1. The molecule has 0 bridgehead atoms. The van der Waals surface area contributed by atoms with Gasteiger partial charge in [-0.3, -0.25) is 0 Å². The lowest BCUT2D eigenvalue weighted by Crippen LogP contribution is -2.20. The van der Waals surface area contributed by atoms with Gasteiger partial charge >= 0.3 is 5.97 Å². The van der Waals surface area contributed by atoms with Crippen LogP contribution in [0.3, 0.4) is 0 Å². The molecule has 0 saturated heterocycles. The molecule has 0 unspecified atom stereocenters. The lowest BCUT2D eigenvalue weighted by molar-refractivity contribution is 0.0696. The molecule has 0 aliphatic carbocycles. The van der Waals surface area contributed by atoms with E-state index in [1.165, 1.54) is 18.2 Å². The molecular weight excluding hydrogens is 249 g/mol. The van der Waals surface area contributed by atoms with Crippen LogP contribution in [0.5, 0.6) is 0 Å². The molecule has 0 saturated carbocycles. The van der Waals surface area contributed by atoms with Crippen LogP contribution in [0.2, 0.25) is 0 Å². The minimum absolute atomic E-state index is 0.102. The number of carbonyl (C=O) groups is 1. The largest absolute Gasteiger partial charge is 0.478 e. The van der Waals surface area contributed by atoms with Crippen LogP contribution < -0.4 is 0 Å². The van der Waals surface area contributed by atoms with Gasteiger partial charge in [0.05, 0.1) is 5.56 Å². The van der Waals surface area contributed by atoms with Gasteiger partial charge in [0.25, 0.3) is 0 Å². The Morgan fingerprint density at radius 2 is 2.05 bits per heavy atom. The highest BCUT2D eigenvalue weighted by Crippen LogP contribution is 2.13. The molecule has 5 heteroatoms. The Labute approximate surface area is 112 Å². The first-order chi connectivity index (χ1) is 9.04. The van der Waals surface area contributed by atoms with Gasteiger partial charge in [-0.25, -0.2) is 9.18 Å². The van der Waals surface area contributed by atoms with Crippen LogP contribution in [0.15, 0.2) is 18.2 Å². The number of carboxylic acid groups (broad SMARTS) is 1. The number of aliphatic hydroxyl groups excluding tert-OH is 1. The number of carboxylic acids is 1. The average molecular weight is 269 g/mol. The molecule has 106 valence electrons. The van der Waals surface area contributed by atoms with E-state index >= 15 is 0 Å². The molecule has 0 radical (unpaired) electrons. The zero-order valence-electron chi connectivity index (χ0n) is 11.1. The quantitative estimate of drug-likeness (QED) is 0.710. The maximum Gasteiger partial charge on any atom is 0.335 e. The molecule has 4 nitrogen and oxygen atoms in total. The Kier molecular flexibility index (Phi) is 6.45. The second-order valence-corrected chi connectivity index (χ2v) is 4.63. The third-order valence-corrected chi connectivity index (χ3v) is 2.93. The second kappa shape index (κ2) is 7.86. The summed E-state index contributed by atoms with van der Waals surface area (Å²) in [6, 6.07) is 3.84. The predicted octanol–water partition coefficient (Wildman–Crippen LogP) is 2.12. The maximum atomic E-state index is 13.6. The van der Waals surface area contributed by atoms with E-state index in [1.54, 1.807) is 0 Å². The van der Waals surface area contributed by atoms with E-state index in [9.17, 15) is 9.18 Å². The van der Waals surface area contributed by atoms with Crippen molar-refractivity contribution in [3.8, 4) is 0 Å². The highest BCUT2D eigenvalue weighted by molar-refractivity contribution is 5.87. The van der Waals surface area contributed by atoms with Gasteiger partial charge in [0.15, 0.2) is 0 Å². The van der Waals surface area contributed by atoms with Crippen molar-refractivity contribution in [2.45, 2.75) is 25.8 Å². The third-order valence-electron chi connectivity index (χ3n) is 2.93. The number of aliphatic hydroxyl groups is 1. The van der Waals surface area contributed by atoms with Crippen molar-refractivity contribution in [1.29, 1.82) is 0 Å². The third kappa shape index (κ3) is 5.36. The summed E-state index contributed by atoms with van der Waals surface area (Å²) in [6.07, 6.45) is 2.63. The van der Waals surface area contributed by atoms with Crippen LogP contribution in [0, 0.1) is 5.82 Å². The zero-order chi connectivity index (χ0) is 14.3. The lowest BCUT2D eigenvalue weighted by Gasteiger charge is -2.17. The summed E-state index contributed by atoms with van der Waals surface area (Å²) in [4.78, 5) is 12.8. The topological polar surface area (TPSA) is 60.8 Å². The smallest absolute Gasteiger partial charge is 0.335 e. The molecule has 1 aromatic rings. The van der Waals surface area contributed by atoms with Crippen molar-refractivity contribution in [3.05, 3.63) is 35.1 Å². The fourth-order valence-corrected chi connectivity index (χ4v) is 1.87. The normalized spacial score (nSPS) is 10.9. The summed E-state index contributed by atoms with van der Waals surface area (Å²) >= 11 is 0. The van der Waals surface area contributed by atoms with Gasteiger partial charge in [0.2, 0.25) is 0 Å². The van der Waals surface area contributed by atoms with Gasteiger partial charge in [0, 0.05) is 18.7 Å². The van der Waals surface area contributed by atoms with Gasteiger partial charge < -0.3 is 15.1 Å². The number of rotatable bonds is 8. The molecule has 0 atom stereocenters. The van der Waals surface area contributed by atoms with Crippen LogP contribution >= 0.6 is 0 Å². The molecule has 0 fully saturated rings. The molecule has 0 heterocycles.